The Morgan fingerprint density at radius 3 is 1.22 bits per heavy atom. The van der Waals surface area contributed by atoms with E-state index in [0.717, 1.165) is 11.8 Å². The monoisotopic (exact) mass is 325 g/mol. The maximum Gasteiger partial charge on any atom is 0.000449 e. The van der Waals surface area contributed by atoms with E-state index in [1.165, 1.54) is 96.7 Å². The first-order chi connectivity index (χ1) is 11.1. The zero-order valence-electron chi connectivity index (χ0n) is 17.2. The summed E-state index contributed by atoms with van der Waals surface area (Å²) in [6.07, 6.45) is 17.4. The second-order valence-corrected chi connectivity index (χ2v) is 8.44. The molecule has 0 aliphatic carbocycles. The highest BCUT2D eigenvalue weighted by Crippen LogP contribution is 2.12. The van der Waals surface area contributed by atoms with Crippen LogP contribution in [-0.4, -0.2) is 24.5 Å². The normalized spacial score (nSPS) is 12.0. The van der Waals surface area contributed by atoms with E-state index >= 15 is 0 Å². The number of hydrogen-bond acceptors (Lipinski definition) is 1. The van der Waals surface area contributed by atoms with Gasteiger partial charge in [0, 0.05) is 13.1 Å². The van der Waals surface area contributed by atoms with E-state index in [0.29, 0.717) is 0 Å². The van der Waals surface area contributed by atoms with Crippen LogP contribution in [0, 0.1) is 11.8 Å². The van der Waals surface area contributed by atoms with Crippen molar-refractivity contribution in [3.8, 4) is 0 Å². The van der Waals surface area contributed by atoms with Crippen LogP contribution in [0.15, 0.2) is 0 Å². The van der Waals surface area contributed by atoms with Crippen LogP contribution in [0.4, 0.5) is 0 Å². The molecule has 0 heterocycles. The Kier molecular flexibility index (Phi) is 16.8. The van der Waals surface area contributed by atoms with Gasteiger partial charge in [-0.2, -0.15) is 0 Å². The van der Waals surface area contributed by atoms with Gasteiger partial charge in [-0.15, -0.1) is 0 Å². The molecule has 0 unspecified atom stereocenters. The van der Waals surface area contributed by atoms with E-state index in [1.807, 2.05) is 0 Å². The summed E-state index contributed by atoms with van der Waals surface area (Å²) in [6.45, 7) is 15.5. The molecule has 1 nitrogen and oxygen atoms in total. The molecule has 0 N–H and O–H groups in total. The van der Waals surface area contributed by atoms with Crippen molar-refractivity contribution in [3.05, 3.63) is 0 Å². The van der Waals surface area contributed by atoms with Gasteiger partial charge in [-0.1, -0.05) is 105 Å². The molecule has 0 atom stereocenters. The molecule has 0 fully saturated rings. The van der Waals surface area contributed by atoms with Crippen LogP contribution in [-0.2, 0) is 0 Å². The van der Waals surface area contributed by atoms with E-state index in [4.69, 9.17) is 0 Å². The lowest BCUT2D eigenvalue weighted by molar-refractivity contribution is 0.215. The molecule has 0 saturated heterocycles. The highest BCUT2D eigenvalue weighted by molar-refractivity contribution is 4.63. The molecule has 1 heteroatoms. The smallest absolute Gasteiger partial charge is 0.000449 e. The standard InChI is InChI=1S/C22H47N/c1-6-7-8-9-10-11-12-13-14-15-16-17-18-23(19-21(2)3)20-22(4)5/h21-22H,6-20H2,1-5H3. The molecule has 0 rings (SSSR count). The van der Waals surface area contributed by atoms with Gasteiger partial charge in [0.15, 0.2) is 0 Å². The number of nitrogens with zero attached hydrogens (tertiary/aromatic N) is 1. The molecule has 0 aromatic heterocycles. The van der Waals surface area contributed by atoms with E-state index < -0.39 is 0 Å². The maximum atomic E-state index is 2.69. The lowest BCUT2D eigenvalue weighted by Crippen LogP contribution is -2.32. The SMILES string of the molecule is CCCCCCCCCCCCCCN(CC(C)C)CC(C)C. The summed E-state index contributed by atoms with van der Waals surface area (Å²) in [5.74, 6) is 1.59. The van der Waals surface area contributed by atoms with Gasteiger partial charge in [0.1, 0.15) is 0 Å². The lowest BCUT2D eigenvalue weighted by Gasteiger charge is -2.26. The molecule has 0 radical (unpaired) electrons. The van der Waals surface area contributed by atoms with Crippen LogP contribution in [0.5, 0.6) is 0 Å². The van der Waals surface area contributed by atoms with Crippen LogP contribution in [0.2, 0.25) is 0 Å². The topological polar surface area (TPSA) is 3.24 Å². The summed E-state index contributed by atoms with van der Waals surface area (Å²) >= 11 is 0. The van der Waals surface area contributed by atoms with Crippen LogP contribution in [0.1, 0.15) is 112 Å². The third kappa shape index (κ3) is 18.1. The summed E-state index contributed by atoms with van der Waals surface area (Å²) in [7, 11) is 0. The molecule has 140 valence electrons. The second-order valence-electron chi connectivity index (χ2n) is 8.44. The Morgan fingerprint density at radius 2 is 0.870 bits per heavy atom. The Bertz CT molecular complexity index is 212. The fraction of sp³-hybridized carbons (Fsp3) is 1.00. The predicted molar refractivity (Wildman–Crippen MR) is 107 cm³/mol. The minimum absolute atomic E-state index is 0.797. The minimum atomic E-state index is 0.797. The third-order valence-electron chi connectivity index (χ3n) is 4.57. The van der Waals surface area contributed by atoms with Crippen molar-refractivity contribution in [3.63, 3.8) is 0 Å². The Labute approximate surface area is 148 Å². The largest absolute Gasteiger partial charge is 0.303 e. The van der Waals surface area contributed by atoms with Gasteiger partial charge in [0.25, 0.3) is 0 Å². The van der Waals surface area contributed by atoms with Crippen molar-refractivity contribution in [1.82, 2.24) is 4.90 Å². The van der Waals surface area contributed by atoms with Gasteiger partial charge < -0.3 is 4.90 Å². The van der Waals surface area contributed by atoms with Gasteiger partial charge in [-0.05, 0) is 24.8 Å². The molecule has 0 aromatic rings. The molecule has 0 aromatic carbocycles. The Hall–Kier alpha value is -0.0400. The zero-order chi connectivity index (χ0) is 17.3. The van der Waals surface area contributed by atoms with Crippen molar-refractivity contribution in [2.75, 3.05) is 19.6 Å². The Balaban J connectivity index is 3.38. The minimum Gasteiger partial charge on any atom is -0.303 e. The summed E-state index contributed by atoms with van der Waals surface area (Å²) in [4.78, 5) is 2.69. The first kappa shape index (κ1) is 23.0. The van der Waals surface area contributed by atoms with Crippen molar-refractivity contribution in [2.24, 2.45) is 11.8 Å². The molecule has 0 aliphatic rings. The quantitative estimate of drug-likeness (QED) is 0.253. The van der Waals surface area contributed by atoms with Crippen LogP contribution in [0.3, 0.4) is 0 Å². The zero-order valence-corrected chi connectivity index (χ0v) is 17.2. The first-order valence-electron chi connectivity index (χ1n) is 10.8. The van der Waals surface area contributed by atoms with Crippen molar-refractivity contribution < 1.29 is 0 Å². The first-order valence-corrected chi connectivity index (χ1v) is 10.8. The summed E-state index contributed by atoms with van der Waals surface area (Å²) in [5.41, 5.74) is 0. The van der Waals surface area contributed by atoms with E-state index in [2.05, 4.69) is 39.5 Å². The van der Waals surface area contributed by atoms with Crippen LogP contribution >= 0.6 is 0 Å². The molecular weight excluding hydrogens is 278 g/mol. The average molecular weight is 326 g/mol. The molecule has 0 bridgehead atoms. The van der Waals surface area contributed by atoms with E-state index in [-0.39, 0.29) is 0 Å². The van der Waals surface area contributed by atoms with E-state index in [1.54, 1.807) is 0 Å². The van der Waals surface area contributed by atoms with Crippen LogP contribution in [0.25, 0.3) is 0 Å². The molecule has 0 saturated carbocycles. The number of rotatable bonds is 17. The Morgan fingerprint density at radius 1 is 0.522 bits per heavy atom. The van der Waals surface area contributed by atoms with Gasteiger partial charge in [-0.25, -0.2) is 0 Å². The van der Waals surface area contributed by atoms with Gasteiger partial charge in [0.2, 0.25) is 0 Å². The summed E-state index contributed by atoms with van der Waals surface area (Å²) in [6, 6.07) is 0. The highest BCUT2D eigenvalue weighted by Gasteiger charge is 2.08. The second kappa shape index (κ2) is 16.8. The summed E-state index contributed by atoms with van der Waals surface area (Å²) in [5, 5.41) is 0. The highest BCUT2D eigenvalue weighted by atomic mass is 15.1. The van der Waals surface area contributed by atoms with Gasteiger partial charge in [0.05, 0.1) is 0 Å². The van der Waals surface area contributed by atoms with Crippen molar-refractivity contribution >= 4 is 0 Å². The van der Waals surface area contributed by atoms with E-state index in [9.17, 15) is 0 Å². The third-order valence-corrected chi connectivity index (χ3v) is 4.57. The van der Waals surface area contributed by atoms with Gasteiger partial charge >= 0.3 is 0 Å². The average Bonchev–Trinajstić information content (AvgIpc) is 2.47. The van der Waals surface area contributed by atoms with Crippen molar-refractivity contribution in [2.45, 2.75) is 112 Å². The lowest BCUT2D eigenvalue weighted by atomic mass is 10.0. The summed E-state index contributed by atoms with van der Waals surface area (Å²) < 4.78 is 0. The number of hydrogen-bond donors (Lipinski definition) is 0. The molecule has 0 amide bonds. The molecule has 0 spiro atoms. The molecule has 0 aliphatic heterocycles. The number of unbranched alkanes of at least 4 members (excludes halogenated alkanes) is 11. The maximum absolute atomic E-state index is 2.69. The molecular formula is C22H47N. The fourth-order valence-electron chi connectivity index (χ4n) is 3.47. The molecule has 23 heavy (non-hydrogen) atoms. The van der Waals surface area contributed by atoms with Gasteiger partial charge in [-0.3, -0.25) is 0 Å². The van der Waals surface area contributed by atoms with Crippen molar-refractivity contribution in [1.29, 1.82) is 0 Å². The predicted octanol–water partition coefficient (Wildman–Crippen LogP) is 7.30. The van der Waals surface area contributed by atoms with Crippen LogP contribution < -0.4 is 0 Å². The fourth-order valence-corrected chi connectivity index (χ4v) is 3.47.